The summed E-state index contributed by atoms with van der Waals surface area (Å²) in [5, 5.41) is 0. The van der Waals surface area contributed by atoms with Crippen LogP contribution in [0.15, 0.2) is 42.5 Å². The maximum atomic E-state index is 11.4. The van der Waals surface area contributed by atoms with Crippen LogP contribution >= 0.6 is 0 Å². The van der Waals surface area contributed by atoms with E-state index in [4.69, 9.17) is 4.74 Å². The molecule has 3 nitrogen and oxygen atoms in total. The first kappa shape index (κ1) is 16.2. The summed E-state index contributed by atoms with van der Waals surface area (Å²) in [6, 6.07) is 10.3. The van der Waals surface area contributed by atoms with Crippen molar-refractivity contribution < 1.29 is 14.3 Å². The zero-order chi connectivity index (χ0) is 15.0. The van der Waals surface area contributed by atoms with Gasteiger partial charge in [-0.2, -0.15) is 0 Å². The summed E-state index contributed by atoms with van der Waals surface area (Å²) >= 11 is 0. The van der Waals surface area contributed by atoms with Gasteiger partial charge in [0.2, 0.25) is 0 Å². The third-order valence-electron chi connectivity index (χ3n) is 3.06. The van der Waals surface area contributed by atoms with E-state index in [-0.39, 0.29) is 11.8 Å². The smallest absolute Gasteiger partial charge is 0.316 e. The van der Waals surface area contributed by atoms with Crippen molar-refractivity contribution in [2.45, 2.75) is 33.1 Å². The number of hydrogen-bond acceptors (Lipinski definition) is 3. The first-order valence-electron chi connectivity index (χ1n) is 6.86. The highest BCUT2D eigenvalue weighted by Crippen LogP contribution is 2.18. The Balaban J connectivity index is 0.000000240. The van der Waals surface area contributed by atoms with E-state index in [0.29, 0.717) is 25.9 Å². The topological polar surface area (TPSA) is 43.4 Å². The van der Waals surface area contributed by atoms with Gasteiger partial charge in [0.15, 0.2) is 0 Å². The fraction of sp³-hybridized carbons (Fsp3) is 0.412. The number of cyclic esters (lactones) is 1. The molecule has 3 heteroatoms. The lowest BCUT2D eigenvalue weighted by Crippen LogP contribution is -2.18. The van der Waals surface area contributed by atoms with Crippen molar-refractivity contribution in [1.29, 1.82) is 0 Å². The molecule has 1 saturated heterocycles. The van der Waals surface area contributed by atoms with E-state index < -0.39 is 5.92 Å². The second-order valence-corrected chi connectivity index (χ2v) is 5.09. The Kier molecular flexibility index (Phi) is 6.71. The number of Topliss-reactive ketones (excluding diaryl/α,β-unsaturated/α-hetero) is 1. The van der Waals surface area contributed by atoms with Crippen LogP contribution in [-0.2, 0) is 14.3 Å². The van der Waals surface area contributed by atoms with Crippen molar-refractivity contribution in [3.05, 3.63) is 48.0 Å². The van der Waals surface area contributed by atoms with Crippen LogP contribution in [0.3, 0.4) is 0 Å². The summed E-state index contributed by atoms with van der Waals surface area (Å²) in [4.78, 5) is 22.4. The van der Waals surface area contributed by atoms with Crippen LogP contribution in [0.2, 0.25) is 0 Å². The van der Waals surface area contributed by atoms with Gasteiger partial charge in [0.1, 0.15) is 11.7 Å². The minimum atomic E-state index is -0.501. The van der Waals surface area contributed by atoms with Gasteiger partial charge in [-0.05, 0) is 20.3 Å². The fourth-order valence-electron chi connectivity index (χ4n) is 1.83. The van der Waals surface area contributed by atoms with Crippen LogP contribution < -0.4 is 0 Å². The van der Waals surface area contributed by atoms with E-state index in [1.165, 1.54) is 5.56 Å². The summed E-state index contributed by atoms with van der Waals surface area (Å²) in [5.41, 5.74) is 2.29. The van der Waals surface area contributed by atoms with Crippen LogP contribution in [0, 0.1) is 12.8 Å². The molecule has 1 aromatic carbocycles. The first-order chi connectivity index (χ1) is 9.50. The van der Waals surface area contributed by atoms with E-state index in [0.717, 1.165) is 5.57 Å². The third-order valence-corrected chi connectivity index (χ3v) is 3.06. The van der Waals surface area contributed by atoms with E-state index in [1.807, 2.05) is 25.1 Å². The highest BCUT2D eigenvalue weighted by atomic mass is 16.5. The maximum Gasteiger partial charge on any atom is 0.316 e. The first-order valence-corrected chi connectivity index (χ1v) is 6.86. The van der Waals surface area contributed by atoms with Gasteiger partial charge >= 0.3 is 5.97 Å². The Labute approximate surface area is 120 Å². The van der Waals surface area contributed by atoms with Crippen molar-refractivity contribution in [3.8, 4) is 0 Å². The number of carbonyl (C=O) groups excluding carboxylic acids is 2. The van der Waals surface area contributed by atoms with E-state index in [1.54, 1.807) is 0 Å². The van der Waals surface area contributed by atoms with Gasteiger partial charge in [0.25, 0.3) is 0 Å². The molecule has 1 atom stereocenters. The fourth-order valence-corrected chi connectivity index (χ4v) is 1.83. The number of hydrogen-bond donors (Lipinski definition) is 0. The molecule has 1 unspecified atom stereocenters. The molecule has 108 valence electrons. The highest BCUT2D eigenvalue weighted by molar-refractivity contribution is 5.99. The second kappa shape index (κ2) is 8.31. The normalized spacial score (nSPS) is 16.9. The van der Waals surface area contributed by atoms with Gasteiger partial charge < -0.3 is 4.74 Å². The highest BCUT2D eigenvalue weighted by Gasteiger charge is 2.32. The monoisotopic (exact) mass is 274 g/mol. The molecule has 20 heavy (non-hydrogen) atoms. The molecular formula is C17H22O3. The summed E-state index contributed by atoms with van der Waals surface area (Å²) in [5.74, 6) is -0.864. The number of ketones is 1. The van der Waals surface area contributed by atoms with Crippen molar-refractivity contribution in [2.75, 3.05) is 6.61 Å². The molecule has 0 amide bonds. The van der Waals surface area contributed by atoms with Crippen LogP contribution in [0.25, 0.3) is 0 Å². The molecule has 1 aromatic rings. The molecule has 0 aliphatic carbocycles. The molecular weight excluding hydrogens is 252 g/mol. The molecule has 1 fully saturated rings. The SMILES string of the molecule is C=C(C)CCC(=O)C1CCOC1=O.Cc1ccccc1. The zero-order valence-corrected chi connectivity index (χ0v) is 12.2. The lowest BCUT2D eigenvalue weighted by Gasteiger charge is -2.03. The number of allylic oxidation sites excluding steroid dienone is 1. The minimum absolute atomic E-state index is 0.00880. The number of ether oxygens (including phenoxy) is 1. The molecule has 0 aromatic heterocycles. The van der Waals surface area contributed by atoms with E-state index in [2.05, 4.69) is 25.6 Å². The van der Waals surface area contributed by atoms with E-state index >= 15 is 0 Å². The summed E-state index contributed by atoms with van der Waals surface area (Å²) in [7, 11) is 0. The van der Waals surface area contributed by atoms with Crippen LogP contribution in [-0.4, -0.2) is 18.4 Å². The number of benzene rings is 1. The molecule has 0 N–H and O–H groups in total. The molecule has 2 rings (SSSR count). The molecule has 1 aliphatic heterocycles. The predicted molar refractivity (Wildman–Crippen MR) is 79.3 cm³/mol. The van der Waals surface area contributed by atoms with Gasteiger partial charge in [-0.25, -0.2) is 0 Å². The third kappa shape index (κ3) is 5.83. The van der Waals surface area contributed by atoms with Crippen LogP contribution in [0.5, 0.6) is 0 Å². The lowest BCUT2D eigenvalue weighted by molar-refractivity contribution is -0.144. The Bertz CT molecular complexity index is 462. The number of aryl methyl sites for hydroxylation is 1. The van der Waals surface area contributed by atoms with Gasteiger partial charge in [-0.3, -0.25) is 9.59 Å². The van der Waals surface area contributed by atoms with E-state index in [9.17, 15) is 9.59 Å². The zero-order valence-electron chi connectivity index (χ0n) is 12.2. The molecule has 0 spiro atoms. The molecule has 0 radical (unpaired) electrons. The Morgan fingerprint density at radius 2 is 1.95 bits per heavy atom. The Morgan fingerprint density at radius 1 is 1.30 bits per heavy atom. The second-order valence-electron chi connectivity index (χ2n) is 5.09. The Hall–Kier alpha value is -1.90. The summed E-state index contributed by atoms with van der Waals surface area (Å²) in [6.07, 6.45) is 1.63. The predicted octanol–water partition coefficient (Wildman–Crippen LogP) is 3.47. The molecule has 0 bridgehead atoms. The standard InChI is InChI=1S/C10H14O3.C7H8/c1-7(2)3-4-9(11)8-5-6-13-10(8)12;1-7-5-3-2-4-6-7/h8H,1,3-6H2,2H3;2-6H,1H3. The van der Waals surface area contributed by atoms with Gasteiger partial charge in [-0.1, -0.05) is 41.5 Å². The van der Waals surface area contributed by atoms with Crippen LogP contribution in [0.4, 0.5) is 0 Å². The van der Waals surface area contributed by atoms with Crippen molar-refractivity contribution in [3.63, 3.8) is 0 Å². The molecule has 1 aliphatic rings. The molecule has 1 heterocycles. The lowest BCUT2D eigenvalue weighted by atomic mass is 9.98. The van der Waals surface area contributed by atoms with Gasteiger partial charge in [-0.15, -0.1) is 6.58 Å². The molecule has 0 saturated carbocycles. The number of esters is 1. The van der Waals surface area contributed by atoms with Gasteiger partial charge in [0.05, 0.1) is 6.61 Å². The van der Waals surface area contributed by atoms with Crippen molar-refractivity contribution >= 4 is 11.8 Å². The number of carbonyl (C=O) groups is 2. The van der Waals surface area contributed by atoms with Crippen molar-refractivity contribution in [1.82, 2.24) is 0 Å². The maximum absolute atomic E-state index is 11.4. The largest absolute Gasteiger partial charge is 0.465 e. The number of rotatable bonds is 4. The quantitative estimate of drug-likeness (QED) is 0.479. The van der Waals surface area contributed by atoms with Crippen molar-refractivity contribution in [2.24, 2.45) is 5.92 Å². The average Bonchev–Trinajstić information content (AvgIpc) is 2.84. The summed E-state index contributed by atoms with van der Waals surface area (Å²) < 4.78 is 4.71. The van der Waals surface area contributed by atoms with Gasteiger partial charge in [0, 0.05) is 12.8 Å². The Morgan fingerprint density at radius 3 is 2.35 bits per heavy atom. The minimum Gasteiger partial charge on any atom is -0.465 e. The average molecular weight is 274 g/mol. The summed E-state index contributed by atoms with van der Waals surface area (Å²) in [6.45, 7) is 8.05. The van der Waals surface area contributed by atoms with Crippen LogP contribution in [0.1, 0.15) is 31.7 Å².